The number of rotatable bonds is 8. The molecule has 1 aromatic carbocycles. The molecule has 1 heteroatoms. The lowest BCUT2D eigenvalue weighted by atomic mass is 10.1. The maximum absolute atomic E-state index is 5.69. The second kappa shape index (κ2) is 8.70. The van der Waals surface area contributed by atoms with Crippen molar-refractivity contribution in [3.8, 4) is 18.1 Å². The molecule has 1 nitrogen and oxygen atoms in total. The van der Waals surface area contributed by atoms with Gasteiger partial charge in [0, 0.05) is 0 Å². The summed E-state index contributed by atoms with van der Waals surface area (Å²) in [6.07, 6.45) is 13.1. The summed E-state index contributed by atoms with van der Waals surface area (Å²) in [5.74, 6) is 3.48. The fraction of sp³-hybridized carbons (Fsp3) is 0.500. The fourth-order valence-corrected chi connectivity index (χ4v) is 1.78. The Bertz CT molecular complexity index is 349. The first kappa shape index (κ1) is 13.6. The molecule has 1 rings (SSSR count). The fourth-order valence-electron chi connectivity index (χ4n) is 1.78. The van der Waals surface area contributed by atoms with Crippen LogP contribution in [-0.2, 0) is 0 Å². The van der Waals surface area contributed by atoms with Crippen molar-refractivity contribution in [2.45, 2.75) is 45.4 Å². The van der Waals surface area contributed by atoms with E-state index in [1.54, 1.807) is 0 Å². The molecule has 0 atom stereocenters. The second-order valence-electron chi connectivity index (χ2n) is 4.26. The minimum Gasteiger partial charge on any atom is -0.492 e. The van der Waals surface area contributed by atoms with E-state index < -0.39 is 0 Å². The van der Waals surface area contributed by atoms with E-state index in [0.717, 1.165) is 24.3 Å². The van der Waals surface area contributed by atoms with Crippen molar-refractivity contribution in [3.05, 3.63) is 29.8 Å². The highest BCUT2D eigenvalue weighted by Gasteiger charge is 1.99. The Balaban J connectivity index is 2.16. The normalized spacial score (nSPS) is 9.88. The van der Waals surface area contributed by atoms with Crippen LogP contribution in [0, 0.1) is 12.3 Å². The quantitative estimate of drug-likeness (QED) is 0.475. The van der Waals surface area contributed by atoms with E-state index >= 15 is 0 Å². The molecule has 17 heavy (non-hydrogen) atoms. The maximum Gasteiger partial charge on any atom is 0.134 e. The molecule has 92 valence electrons. The topological polar surface area (TPSA) is 9.23 Å². The van der Waals surface area contributed by atoms with E-state index in [0.29, 0.717) is 0 Å². The molecule has 0 amide bonds. The first-order valence-electron chi connectivity index (χ1n) is 6.57. The smallest absolute Gasteiger partial charge is 0.134 e. The number of hydrogen-bond acceptors (Lipinski definition) is 1. The zero-order chi connectivity index (χ0) is 12.3. The summed E-state index contributed by atoms with van der Waals surface area (Å²) in [7, 11) is 0. The Morgan fingerprint density at radius 3 is 2.53 bits per heavy atom. The molecule has 0 unspecified atom stereocenters. The largest absolute Gasteiger partial charge is 0.492 e. The maximum atomic E-state index is 5.69. The molecule has 0 aliphatic carbocycles. The monoisotopic (exact) mass is 230 g/mol. The summed E-state index contributed by atoms with van der Waals surface area (Å²) in [4.78, 5) is 0. The average molecular weight is 230 g/mol. The number of unbranched alkanes of at least 4 members (excludes halogenated alkanes) is 5. The molecule has 0 saturated heterocycles. The third kappa shape index (κ3) is 5.45. The number of ether oxygens (including phenoxy) is 1. The van der Waals surface area contributed by atoms with Gasteiger partial charge in [-0.3, -0.25) is 0 Å². The number of hydrogen-bond donors (Lipinski definition) is 0. The summed E-state index contributed by atoms with van der Waals surface area (Å²) in [5, 5.41) is 0. The van der Waals surface area contributed by atoms with Crippen LogP contribution in [0.15, 0.2) is 24.3 Å². The van der Waals surface area contributed by atoms with Gasteiger partial charge in [-0.25, -0.2) is 0 Å². The molecule has 0 fully saturated rings. The molecule has 0 bridgehead atoms. The highest BCUT2D eigenvalue weighted by molar-refractivity contribution is 5.44. The van der Waals surface area contributed by atoms with Crippen molar-refractivity contribution >= 4 is 0 Å². The summed E-state index contributed by atoms with van der Waals surface area (Å²) in [5.41, 5.74) is 0.846. The average Bonchev–Trinajstić information content (AvgIpc) is 2.38. The summed E-state index contributed by atoms with van der Waals surface area (Å²) >= 11 is 0. The highest BCUT2D eigenvalue weighted by Crippen LogP contribution is 2.17. The van der Waals surface area contributed by atoms with Crippen LogP contribution in [0.5, 0.6) is 5.75 Å². The Kier molecular flexibility index (Phi) is 6.98. The zero-order valence-corrected chi connectivity index (χ0v) is 10.7. The van der Waals surface area contributed by atoms with Crippen molar-refractivity contribution in [3.63, 3.8) is 0 Å². The van der Waals surface area contributed by atoms with Crippen LogP contribution in [0.1, 0.15) is 51.0 Å². The molecule has 0 radical (unpaired) electrons. The molecule has 0 aromatic heterocycles. The highest BCUT2D eigenvalue weighted by atomic mass is 16.5. The van der Waals surface area contributed by atoms with Gasteiger partial charge in [-0.15, -0.1) is 6.42 Å². The first-order valence-corrected chi connectivity index (χ1v) is 6.57. The van der Waals surface area contributed by atoms with Crippen molar-refractivity contribution in [1.29, 1.82) is 0 Å². The van der Waals surface area contributed by atoms with Gasteiger partial charge in [-0.05, 0) is 18.6 Å². The Hall–Kier alpha value is -1.42. The van der Waals surface area contributed by atoms with E-state index in [4.69, 9.17) is 11.2 Å². The van der Waals surface area contributed by atoms with Gasteiger partial charge in [0.2, 0.25) is 0 Å². The van der Waals surface area contributed by atoms with Crippen LogP contribution in [0.4, 0.5) is 0 Å². The van der Waals surface area contributed by atoms with Gasteiger partial charge in [-0.2, -0.15) is 0 Å². The standard InChI is InChI=1S/C16H22O/c1-3-5-6-7-8-11-14-17-16-13-10-9-12-15(16)4-2/h2,9-10,12-13H,3,5-8,11,14H2,1H3. The van der Waals surface area contributed by atoms with Gasteiger partial charge in [0.25, 0.3) is 0 Å². The minimum absolute atomic E-state index is 0.769. The lowest BCUT2D eigenvalue weighted by Gasteiger charge is -2.07. The van der Waals surface area contributed by atoms with Crippen LogP contribution in [0.3, 0.4) is 0 Å². The van der Waals surface area contributed by atoms with Crippen LogP contribution in [0.2, 0.25) is 0 Å². The third-order valence-electron chi connectivity index (χ3n) is 2.80. The lowest BCUT2D eigenvalue weighted by Crippen LogP contribution is -1.98. The lowest BCUT2D eigenvalue weighted by molar-refractivity contribution is 0.303. The molecule has 0 saturated carbocycles. The summed E-state index contributed by atoms with van der Waals surface area (Å²) < 4.78 is 5.69. The first-order chi connectivity index (χ1) is 8.38. The van der Waals surface area contributed by atoms with Gasteiger partial charge in [-0.1, -0.05) is 57.1 Å². The van der Waals surface area contributed by atoms with Gasteiger partial charge in [0.05, 0.1) is 12.2 Å². The molecular formula is C16H22O. The molecule has 0 aliphatic heterocycles. The third-order valence-corrected chi connectivity index (χ3v) is 2.80. The minimum atomic E-state index is 0.769. The van der Waals surface area contributed by atoms with E-state index in [2.05, 4.69) is 12.8 Å². The molecular weight excluding hydrogens is 208 g/mol. The Labute approximate surface area is 105 Å². The van der Waals surface area contributed by atoms with E-state index in [1.807, 2.05) is 24.3 Å². The van der Waals surface area contributed by atoms with Crippen molar-refractivity contribution in [2.24, 2.45) is 0 Å². The zero-order valence-electron chi connectivity index (χ0n) is 10.7. The van der Waals surface area contributed by atoms with E-state index in [1.165, 1.54) is 32.1 Å². The number of benzene rings is 1. The Morgan fingerprint density at radius 1 is 1.06 bits per heavy atom. The predicted octanol–water partition coefficient (Wildman–Crippen LogP) is 4.41. The van der Waals surface area contributed by atoms with Crippen LogP contribution >= 0.6 is 0 Å². The van der Waals surface area contributed by atoms with Crippen molar-refractivity contribution in [1.82, 2.24) is 0 Å². The van der Waals surface area contributed by atoms with E-state index in [-0.39, 0.29) is 0 Å². The molecule has 0 aliphatic rings. The van der Waals surface area contributed by atoms with Gasteiger partial charge >= 0.3 is 0 Å². The van der Waals surface area contributed by atoms with Crippen LogP contribution in [0.25, 0.3) is 0 Å². The SMILES string of the molecule is C#Cc1ccccc1OCCCCCCCC. The van der Waals surface area contributed by atoms with E-state index in [9.17, 15) is 0 Å². The molecule has 1 aromatic rings. The van der Waals surface area contributed by atoms with Crippen LogP contribution in [-0.4, -0.2) is 6.61 Å². The van der Waals surface area contributed by atoms with Gasteiger partial charge < -0.3 is 4.74 Å². The second-order valence-corrected chi connectivity index (χ2v) is 4.26. The van der Waals surface area contributed by atoms with Gasteiger partial charge in [0.15, 0.2) is 0 Å². The number of terminal acetylenes is 1. The predicted molar refractivity (Wildman–Crippen MR) is 73.2 cm³/mol. The molecule has 0 N–H and O–H groups in total. The number of para-hydroxylation sites is 1. The van der Waals surface area contributed by atoms with Crippen molar-refractivity contribution < 1.29 is 4.74 Å². The van der Waals surface area contributed by atoms with Crippen molar-refractivity contribution in [2.75, 3.05) is 6.61 Å². The summed E-state index contributed by atoms with van der Waals surface area (Å²) in [6, 6.07) is 7.74. The van der Waals surface area contributed by atoms with Gasteiger partial charge in [0.1, 0.15) is 5.75 Å². The van der Waals surface area contributed by atoms with Crippen LogP contribution < -0.4 is 4.74 Å². The Morgan fingerprint density at radius 2 is 1.76 bits per heavy atom. The summed E-state index contributed by atoms with van der Waals surface area (Å²) in [6.45, 7) is 3.00. The molecule has 0 spiro atoms. The molecule has 0 heterocycles.